The Balaban J connectivity index is 1.99. The van der Waals surface area contributed by atoms with Crippen LogP contribution in [0.3, 0.4) is 0 Å². The average molecular weight is 173 g/mol. The summed E-state index contributed by atoms with van der Waals surface area (Å²) in [5.74, 6) is 0.875. The molecule has 2 rings (SSSR count). The van der Waals surface area contributed by atoms with Crippen molar-refractivity contribution in [2.24, 2.45) is 0 Å². The number of allylic oxidation sites excluding steroid dienone is 2. The van der Waals surface area contributed by atoms with Gasteiger partial charge in [-0.3, -0.25) is 0 Å². The van der Waals surface area contributed by atoms with Crippen LogP contribution in [-0.2, 0) is 0 Å². The van der Waals surface area contributed by atoms with Crippen molar-refractivity contribution in [2.75, 3.05) is 0 Å². The Bertz CT molecular complexity index is 316. The average Bonchev–Trinajstić information content (AvgIpc) is 2.21. The Labute approximate surface area is 77.5 Å². The minimum absolute atomic E-state index is 0.0487. The zero-order valence-electron chi connectivity index (χ0n) is 7.18. The summed E-state index contributed by atoms with van der Waals surface area (Å²) in [6.45, 7) is 0. The molecule has 1 atom stereocenters. The Hall–Kier alpha value is -1.70. The van der Waals surface area contributed by atoms with Gasteiger partial charge in [0.1, 0.15) is 5.75 Å². The van der Waals surface area contributed by atoms with Crippen molar-refractivity contribution in [1.29, 1.82) is 0 Å². The van der Waals surface area contributed by atoms with Crippen LogP contribution in [0.5, 0.6) is 5.75 Å². The number of rotatable bonds is 2. The maximum Gasteiger partial charge on any atom is 0.189 e. The van der Waals surface area contributed by atoms with Crippen molar-refractivity contribution >= 4 is 0 Å². The van der Waals surface area contributed by atoms with Gasteiger partial charge in [-0.15, -0.1) is 0 Å². The maximum atomic E-state index is 5.61. The highest BCUT2D eigenvalue weighted by atomic mass is 16.5. The number of hydrogen-bond donors (Lipinski definition) is 1. The fourth-order valence-electron chi connectivity index (χ4n) is 1.15. The van der Waals surface area contributed by atoms with E-state index in [0.717, 1.165) is 5.75 Å². The van der Waals surface area contributed by atoms with Crippen molar-refractivity contribution in [3.8, 4) is 5.75 Å². The largest absolute Gasteiger partial charge is 0.467 e. The Morgan fingerprint density at radius 1 is 1.08 bits per heavy atom. The summed E-state index contributed by atoms with van der Waals surface area (Å²) < 4.78 is 5.61. The Morgan fingerprint density at radius 2 is 1.92 bits per heavy atom. The molecule has 0 aromatic heterocycles. The van der Waals surface area contributed by atoms with Gasteiger partial charge in [-0.1, -0.05) is 24.3 Å². The van der Waals surface area contributed by atoms with Gasteiger partial charge in [-0.2, -0.15) is 0 Å². The van der Waals surface area contributed by atoms with Crippen LogP contribution in [0.4, 0.5) is 0 Å². The minimum atomic E-state index is -0.0487. The second-order valence-electron chi connectivity index (χ2n) is 2.76. The number of benzene rings is 1. The van der Waals surface area contributed by atoms with Crippen LogP contribution in [0.2, 0.25) is 0 Å². The molecule has 1 aromatic rings. The van der Waals surface area contributed by atoms with Gasteiger partial charge in [0.15, 0.2) is 6.23 Å². The SMILES string of the molecule is C1=CNC(Oc2ccccc2)C=C1. The molecule has 1 N–H and O–H groups in total. The van der Waals surface area contributed by atoms with E-state index in [1.165, 1.54) is 0 Å². The number of nitrogens with one attached hydrogen (secondary N) is 1. The van der Waals surface area contributed by atoms with Crippen molar-refractivity contribution in [3.05, 3.63) is 54.8 Å². The molecule has 13 heavy (non-hydrogen) atoms. The predicted molar refractivity (Wildman–Crippen MR) is 52.3 cm³/mol. The van der Waals surface area contributed by atoms with Gasteiger partial charge >= 0.3 is 0 Å². The predicted octanol–water partition coefficient (Wildman–Crippen LogP) is 2.06. The molecule has 1 aliphatic rings. The van der Waals surface area contributed by atoms with E-state index in [9.17, 15) is 0 Å². The number of para-hydroxylation sites is 1. The smallest absolute Gasteiger partial charge is 0.189 e. The molecule has 0 spiro atoms. The quantitative estimate of drug-likeness (QED) is 0.739. The summed E-state index contributed by atoms with van der Waals surface area (Å²) in [4.78, 5) is 0. The van der Waals surface area contributed by atoms with E-state index in [4.69, 9.17) is 4.74 Å². The molecule has 0 radical (unpaired) electrons. The first-order chi connectivity index (χ1) is 6.45. The van der Waals surface area contributed by atoms with Crippen LogP contribution >= 0.6 is 0 Å². The number of hydrogen-bond acceptors (Lipinski definition) is 2. The van der Waals surface area contributed by atoms with Crippen molar-refractivity contribution in [2.45, 2.75) is 6.23 Å². The lowest BCUT2D eigenvalue weighted by atomic mass is 10.3. The van der Waals surface area contributed by atoms with Gasteiger partial charge in [-0.05, 0) is 30.5 Å². The zero-order valence-corrected chi connectivity index (χ0v) is 7.18. The molecule has 0 bridgehead atoms. The summed E-state index contributed by atoms with van der Waals surface area (Å²) in [5, 5.41) is 3.08. The Morgan fingerprint density at radius 3 is 2.62 bits per heavy atom. The summed E-state index contributed by atoms with van der Waals surface area (Å²) in [7, 11) is 0. The molecule has 2 heteroatoms. The lowest BCUT2D eigenvalue weighted by molar-refractivity contribution is 0.227. The highest BCUT2D eigenvalue weighted by molar-refractivity contribution is 5.22. The standard InChI is InChI=1S/C11H11NO/c1-2-6-10(7-3-1)13-11-8-4-5-9-12-11/h1-9,11-12H. The lowest BCUT2D eigenvalue weighted by Crippen LogP contribution is -2.29. The molecule has 1 aliphatic heterocycles. The van der Waals surface area contributed by atoms with E-state index in [0.29, 0.717) is 0 Å². The third-order valence-electron chi connectivity index (χ3n) is 1.76. The third kappa shape index (κ3) is 2.12. The van der Waals surface area contributed by atoms with Crippen molar-refractivity contribution in [3.63, 3.8) is 0 Å². The molecule has 0 amide bonds. The molecule has 2 nitrogen and oxygen atoms in total. The van der Waals surface area contributed by atoms with E-state index < -0.39 is 0 Å². The van der Waals surface area contributed by atoms with E-state index in [2.05, 4.69) is 5.32 Å². The van der Waals surface area contributed by atoms with Gasteiger partial charge in [0.2, 0.25) is 0 Å². The summed E-state index contributed by atoms with van der Waals surface area (Å²) in [6.07, 6.45) is 7.68. The summed E-state index contributed by atoms with van der Waals surface area (Å²) in [6, 6.07) is 9.76. The molecular weight excluding hydrogens is 162 g/mol. The fourth-order valence-corrected chi connectivity index (χ4v) is 1.15. The van der Waals surface area contributed by atoms with Gasteiger partial charge in [-0.25, -0.2) is 0 Å². The van der Waals surface area contributed by atoms with Crippen LogP contribution in [0.1, 0.15) is 0 Å². The molecule has 0 aliphatic carbocycles. The lowest BCUT2D eigenvalue weighted by Gasteiger charge is -2.17. The van der Waals surface area contributed by atoms with E-state index in [-0.39, 0.29) is 6.23 Å². The van der Waals surface area contributed by atoms with E-state index >= 15 is 0 Å². The second kappa shape index (κ2) is 3.81. The molecular formula is C11H11NO. The second-order valence-corrected chi connectivity index (χ2v) is 2.76. The number of dihydropyridines is 1. The topological polar surface area (TPSA) is 21.3 Å². The molecule has 1 unspecified atom stereocenters. The monoisotopic (exact) mass is 173 g/mol. The first-order valence-corrected chi connectivity index (χ1v) is 4.26. The molecule has 66 valence electrons. The molecule has 0 saturated heterocycles. The summed E-state index contributed by atoms with van der Waals surface area (Å²) >= 11 is 0. The molecule has 0 saturated carbocycles. The van der Waals surface area contributed by atoms with E-state index in [1.807, 2.05) is 54.8 Å². The number of ether oxygens (including phenoxy) is 1. The highest BCUT2D eigenvalue weighted by Crippen LogP contribution is 2.11. The van der Waals surface area contributed by atoms with Crippen molar-refractivity contribution in [1.82, 2.24) is 5.32 Å². The van der Waals surface area contributed by atoms with Gasteiger partial charge in [0.05, 0.1) is 0 Å². The van der Waals surface area contributed by atoms with Crippen LogP contribution in [-0.4, -0.2) is 6.23 Å². The van der Waals surface area contributed by atoms with E-state index in [1.54, 1.807) is 0 Å². The minimum Gasteiger partial charge on any atom is -0.467 e. The Kier molecular flexibility index (Phi) is 2.32. The molecule has 0 fully saturated rings. The fraction of sp³-hybridized carbons (Fsp3) is 0.0909. The third-order valence-corrected chi connectivity index (χ3v) is 1.76. The maximum absolute atomic E-state index is 5.61. The van der Waals surface area contributed by atoms with Crippen LogP contribution in [0.25, 0.3) is 0 Å². The van der Waals surface area contributed by atoms with Gasteiger partial charge < -0.3 is 10.1 Å². The van der Waals surface area contributed by atoms with Crippen LogP contribution in [0, 0.1) is 0 Å². The molecule has 1 heterocycles. The first kappa shape index (κ1) is 7.92. The van der Waals surface area contributed by atoms with Gasteiger partial charge in [0, 0.05) is 0 Å². The van der Waals surface area contributed by atoms with Crippen molar-refractivity contribution < 1.29 is 4.74 Å². The molecule has 1 aromatic carbocycles. The van der Waals surface area contributed by atoms with Crippen LogP contribution in [0.15, 0.2) is 54.8 Å². The highest BCUT2D eigenvalue weighted by Gasteiger charge is 2.03. The van der Waals surface area contributed by atoms with Gasteiger partial charge in [0.25, 0.3) is 0 Å². The first-order valence-electron chi connectivity index (χ1n) is 4.26. The van der Waals surface area contributed by atoms with Crippen LogP contribution < -0.4 is 10.1 Å². The normalized spacial score (nSPS) is 19.5. The summed E-state index contributed by atoms with van der Waals surface area (Å²) in [5.41, 5.74) is 0. The zero-order chi connectivity index (χ0) is 8.93.